The lowest BCUT2D eigenvalue weighted by molar-refractivity contribution is 0.415. The van der Waals surface area contributed by atoms with Crippen LogP contribution in [0.3, 0.4) is 0 Å². The number of methoxy groups -OCH3 is 2. The first-order valence-electron chi connectivity index (χ1n) is 7.02. The highest BCUT2D eigenvalue weighted by Crippen LogP contribution is 2.33. The van der Waals surface area contributed by atoms with Crippen molar-refractivity contribution in [1.29, 1.82) is 0 Å². The largest absolute Gasteiger partial charge is 0.497 e. The summed E-state index contributed by atoms with van der Waals surface area (Å²) in [5.41, 5.74) is 2.39. The second-order valence-corrected chi connectivity index (χ2v) is 5.90. The molecular weight excluding hydrogens is 292 g/mol. The lowest BCUT2D eigenvalue weighted by atomic mass is 10.1. The van der Waals surface area contributed by atoms with Crippen molar-refractivity contribution in [2.45, 2.75) is 0 Å². The molecule has 3 aromatic rings. The van der Waals surface area contributed by atoms with Crippen LogP contribution in [-0.2, 0) is 0 Å². The average Bonchev–Trinajstić information content (AvgIpc) is 2.62. The number of hydrogen-bond donors (Lipinski definition) is 0. The molecule has 0 aliphatic heterocycles. The zero-order valence-electron chi connectivity index (χ0n) is 12.6. The van der Waals surface area contributed by atoms with E-state index in [9.17, 15) is 0 Å². The molecule has 0 bridgehead atoms. The minimum Gasteiger partial charge on any atom is -0.497 e. The van der Waals surface area contributed by atoms with Crippen LogP contribution in [0, 0.1) is 0 Å². The van der Waals surface area contributed by atoms with Gasteiger partial charge in [0, 0.05) is 23.3 Å². The van der Waals surface area contributed by atoms with Gasteiger partial charge in [-0.15, -0.1) is 0 Å². The van der Waals surface area contributed by atoms with Gasteiger partial charge in [0.1, 0.15) is 11.5 Å². The zero-order chi connectivity index (χ0) is 15.4. The molecule has 0 saturated carbocycles. The maximum absolute atomic E-state index is 5.21. The molecule has 3 rings (SSSR count). The van der Waals surface area contributed by atoms with Gasteiger partial charge in [0.15, 0.2) is 0 Å². The van der Waals surface area contributed by atoms with Gasteiger partial charge in [-0.25, -0.2) is 0 Å². The number of benzene rings is 2. The normalized spacial score (nSPS) is 10.3. The lowest BCUT2D eigenvalue weighted by Gasteiger charge is -2.00. The molecule has 0 unspecified atom stereocenters. The standard InChI is InChI=1S/C19H17O2S/c1-20-16-10-6-14(7-11-16)18-4-3-5-19(22-18)15-8-12-17(21-2)13-9-15/h3-13H,1-2H3/q+1. The predicted molar refractivity (Wildman–Crippen MR) is 92.7 cm³/mol. The number of rotatable bonds is 4. The van der Waals surface area contributed by atoms with Gasteiger partial charge in [-0.3, -0.25) is 0 Å². The molecule has 0 radical (unpaired) electrons. The highest BCUT2D eigenvalue weighted by atomic mass is 32.1. The quantitative estimate of drug-likeness (QED) is 0.602. The Morgan fingerprint density at radius 1 is 0.591 bits per heavy atom. The van der Waals surface area contributed by atoms with Gasteiger partial charge in [0.25, 0.3) is 0 Å². The second-order valence-electron chi connectivity index (χ2n) is 4.81. The summed E-state index contributed by atoms with van der Waals surface area (Å²) in [4.78, 5) is 2.46. The van der Waals surface area contributed by atoms with E-state index in [0.717, 1.165) is 11.5 Å². The summed E-state index contributed by atoms with van der Waals surface area (Å²) in [6, 6.07) is 22.7. The van der Waals surface area contributed by atoms with E-state index in [2.05, 4.69) is 42.5 Å². The van der Waals surface area contributed by atoms with Crippen LogP contribution in [0.2, 0.25) is 0 Å². The molecule has 3 heteroatoms. The van der Waals surface area contributed by atoms with Gasteiger partial charge in [0.2, 0.25) is 21.1 Å². The van der Waals surface area contributed by atoms with Gasteiger partial charge >= 0.3 is 0 Å². The topological polar surface area (TPSA) is 18.5 Å². The molecule has 2 aromatic carbocycles. The Bertz CT molecular complexity index is 686. The highest BCUT2D eigenvalue weighted by molar-refractivity contribution is 7.18. The van der Waals surface area contributed by atoms with Crippen LogP contribution in [0.15, 0.2) is 66.7 Å². The molecule has 0 N–H and O–H groups in total. The molecule has 0 amide bonds. The number of hydrogen-bond acceptors (Lipinski definition) is 2. The minimum atomic E-state index is 0.875. The number of ether oxygens (including phenoxy) is 2. The molecule has 1 heterocycles. The molecule has 0 spiro atoms. The van der Waals surface area contributed by atoms with E-state index < -0.39 is 0 Å². The summed E-state index contributed by atoms with van der Waals surface area (Å²) in [5, 5.41) is 0. The van der Waals surface area contributed by atoms with Crippen molar-refractivity contribution in [3.05, 3.63) is 66.7 Å². The molecule has 0 aliphatic carbocycles. The molecule has 0 atom stereocenters. The molecular formula is C19H17O2S+. The molecule has 0 saturated heterocycles. The van der Waals surface area contributed by atoms with E-state index in [0.29, 0.717) is 0 Å². The van der Waals surface area contributed by atoms with Crippen molar-refractivity contribution >= 4 is 11.3 Å². The van der Waals surface area contributed by atoms with Gasteiger partial charge in [-0.05, 0) is 48.5 Å². The van der Waals surface area contributed by atoms with Crippen LogP contribution in [0.5, 0.6) is 11.5 Å². The van der Waals surface area contributed by atoms with Crippen LogP contribution in [0.25, 0.3) is 20.9 Å². The predicted octanol–water partition coefficient (Wildman–Crippen LogP) is 5.38. The zero-order valence-corrected chi connectivity index (χ0v) is 13.4. The maximum Gasteiger partial charge on any atom is 0.238 e. The first-order valence-corrected chi connectivity index (χ1v) is 7.84. The highest BCUT2D eigenvalue weighted by Gasteiger charge is 2.15. The van der Waals surface area contributed by atoms with E-state index in [1.807, 2.05) is 24.3 Å². The first-order chi connectivity index (χ1) is 10.8. The van der Waals surface area contributed by atoms with Crippen LogP contribution >= 0.6 is 11.3 Å². The molecule has 110 valence electrons. The fourth-order valence-corrected chi connectivity index (χ4v) is 3.27. The fourth-order valence-electron chi connectivity index (χ4n) is 2.23. The first kappa shape index (κ1) is 14.5. The van der Waals surface area contributed by atoms with Gasteiger partial charge in [-0.2, -0.15) is 0 Å². The molecule has 2 nitrogen and oxygen atoms in total. The molecule has 0 aliphatic rings. The Labute approximate surface area is 134 Å². The summed E-state index contributed by atoms with van der Waals surface area (Å²) < 4.78 is 10.4. The summed E-state index contributed by atoms with van der Waals surface area (Å²) in [6.45, 7) is 0. The lowest BCUT2D eigenvalue weighted by Crippen LogP contribution is -1.83. The summed E-state index contributed by atoms with van der Waals surface area (Å²) in [5.74, 6) is 1.75. The van der Waals surface area contributed by atoms with Crippen molar-refractivity contribution in [3.8, 4) is 32.4 Å². The van der Waals surface area contributed by atoms with Crippen LogP contribution in [0.1, 0.15) is 0 Å². The van der Waals surface area contributed by atoms with Gasteiger partial charge in [0.05, 0.1) is 14.2 Å². The molecule has 22 heavy (non-hydrogen) atoms. The van der Waals surface area contributed by atoms with Crippen molar-refractivity contribution in [1.82, 2.24) is 0 Å². The van der Waals surface area contributed by atoms with Crippen molar-refractivity contribution < 1.29 is 9.47 Å². The maximum atomic E-state index is 5.21. The Hall–Kier alpha value is -2.39. The third kappa shape index (κ3) is 3.10. The third-order valence-electron chi connectivity index (χ3n) is 3.46. The molecule has 1 aromatic heterocycles. The monoisotopic (exact) mass is 309 g/mol. The average molecular weight is 309 g/mol. The smallest absolute Gasteiger partial charge is 0.238 e. The third-order valence-corrected chi connectivity index (χ3v) is 4.65. The molecule has 0 fully saturated rings. The van der Waals surface area contributed by atoms with Gasteiger partial charge in [-0.1, -0.05) is 6.07 Å². The Morgan fingerprint density at radius 3 is 1.36 bits per heavy atom. The van der Waals surface area contributed by atoms with Crippen LogP contribution in [0.4, 0.5) is 0 Å². The van der Waals surface area contributed by atoms with Crippen LogP contribution in [-0.4, -0.2) is 14.2 Å². The Morgan fingerprint density at radius 2 is 1.00 bits per heavy atom. The van der Waals surface area contributed by atoms with Crippen molar-refractivity contribution in [3.63, 3.8) is 0 Å². The minimum absolute atomic E-state index is 0.875. The Balaban J connectivity index is 1.93. The summed E-state index contributed by atoms with van der Waals surface area (Å²) in [6.07, 6.45) is 0. The van der Waals surface area contributed by atoms with E-state index in [1.165, 1.54) is 20.9 Å². The SMILES string of the molecule is COc1ccc(-c2cccc(-c3ccc(OC)cc3)[s+]2)cc1. The van der Waals surface area contributed by atoms with E-state index in [4.69, 9.17) is 9.47 Å². The van der Waals surface area contributed by atoms with Crippen molar-refractivity contribution in [2.75, 3.05) is 14.2 Å². The van der Waals surface area contributed by atoms with E-state index in [-0.39, 0.29) is 0 Å². The van der Waals surface area contributed by atoms with E-state index >= 15 is 0 Å². The summed E-state index contributed by atoms with van der Waals surface area (Å²) >= 11 is 1.77. The van der Waals surface area contributed by atoms with Gasteiger partial charge < -0.3 is 9.47 Å². The Kier molecular flexibility index (Phi) is 4.35. The van der Waals surface area contributed by atoms with Crippen LogP contribution < -0.4 is 9.47 Å². The summed E-state index contributed by atoms with van der Waals surface area (Å²) in [7, 11) is 3.36. The van der Waals surface area contributed by atoms with Crippen molar-refractivity contribution in [2.24, 2.45) is 0 Å². The fraction of sp³-hybridized carbons (Fsp3) is 0.105. The second kappa shape index (κ2) is 6.58. The van der Waals surface area contributed by atoms with E-state index in [1.54, 1.807) is 25.6 Å².